The monoisotopic (exact) mass is 336 g/mol. The first-order valence-electron chi connectivity index (χ1n) is 9.18. The number of amides is 1. The van der Waals surface area contributed by atoms with E-state index in [4.69, 9.17) is 0 Å². The highest BCUT2D eigenvalue weighted by Crippen LogP contribution is 2.28. The summed E-state index contributed by atoms with van der Waals surface area (Å²) in [5.41, 5.74) is 3.76. The van der Waals surface area contributed by atoms with Crippen molar-refractivity contribution in [1.29, 1.82) is 0 Å². The minimum absolute atomic E-state index is 0.267. The maximum atomic E-state index is 12.7. The van der Waals surface area contributed by atoms with E-state index in [9.17, 15) is 4.79 Å². The minimum atomic E-state index is 0.267. The van der Waals surface area contributed by atoms with E-state index in [0.717, 1.165) is 51.1 Å². The number of hydrogen-bond acceptors (Lipinski definition) is 4. The van der Waals surface area contributed by atoms with Crippen molar-refractivity contribution in [1.82, 2.24) is 14.9 Å². The largest absolute Gasteiger partial charge is 0.370 e. The number of benzene rings is 1. The molecule has 130 valence electrons. The summed E-state index contributed by atoms with van der Waals surface area (Å²) in [6.45, 7) is 3.49. The van der Waals surface area contributed by atoms with Gasteiger partial charge in [0.15, 0.2) is 0 Å². The molecule has 1 atom stereocenters. The molecular formula is C20H24N4O. The Balaban J connectivity index is 1.34. The molecule has 2 aliphatic rings. The minimum Gasteiger partial charge on any atom is -0.370 e. The van der Waals surface area contributed by atoms with E-state index in [1.807, 2.05) is 11.0 Å². The van der Waals surface area contributed by atoms with Gasteiger partial charge in [-0.25, -0.2) is 9.97 Å². The fourth-order valence-corrected chi connectivity index (χ4v) is 4.02. The van der Waals surface area contributed by atoms with E-state index in [0.29, 0.717) is 12.3 Å². The van der Waals surface area contributed by atoms with E-state index < -0.39 is 0 Å². The summed E-state index contributed by atoms with van der Waals surface area (Å²) in [6.07, 6.45) is 7.21. The molecule has 2 aromatic rings. The maximum absolute atomic E-state index is 12.7. The number of likely N-dealkylation sites (tertiary alicyclic amines) is 1. The molecule has 4 rings (SSSR count). The van der Waals surface area contributed by atoms with Crippen molar-refractivity contribution in [2.24, 2.45) is 0 Å². The van der Waals surface area contributed by atoms with Crippen molar-refractivity contribution in [2.75, 3.05) is 31.1 Å². The molecule has 2 aliphatic heterocycles. The van der Waals surface area contributed by atoms with Crippen molar-refractivity contribution >= 4 is 11.6 Å². The molecular weight excluding hydrogens is 312 g/mol. The number of nitrogens with zero attached hydrogens (tertiary/aromatic N) is 4. The zero-order valence-electron chi connectivity index (χ0n) is 14.5. The summed E-state index contributed by atoms with van der Waals surface area (Å²) in [7, 11) is 0. The zero-order chi connectivity index (χ0) is 17.1. The first-order chi connectivity index (χ1) is 12.3. The molecule has 1 fully saturated rings. The van der Waals surface area contributed by atoms with Gasteiger partial charge in [-0.3, -0.25) is 4.79 Å². The number of hydrogen-bond donors (Lipinski definition) is 0. The van der Waals surface area contributed by atoms with Crippen LogP contribution in [0, 0.1) is 0 Å². The normalized spacial score (nSPS) is 19.8. The Morgan fingerprint density at radius 3 is 3.00 bits per heavy atom. The van der Waals surface area contributed by atoms with Crippen LogP contribution in [-0.2, 0) is 11.2 Å². The second-order valence-corrected chi connectivity index (χ2v) is 6.93. The van der Waals surface area contributed by atoms with E-state index in [2.05, 4.69) is 39.1 Å². The second-order valence-electron chi connectivity index (χ2n) is 6.93. The van der Waals surface area contributed by atoms with Gasteiger partial charge in [0.25, 0.3) is 0 Å². The van der Waals surface area contributed by atoms with Gasteiger partial charge in [-0.2, -0.15) is 0 Å². The SMILES string of the molecule is O=C(CCN1CCc2ccccc21)N1CCCC(c2ccncn2)C1. The van der Waals surface area contributed by atoms with Gasteiger partial charge in [0.05, 0.1) is 0 Å². The van der Waals surface area contributed by atoms with E-state index in [1.165, 1.54) is 11.3 Å². The van der Waals surface area contributed by atoms with Gasteiger partial charge in [0.1, 0.15) is 6.33 Å². The Labute approximate surface area is 148 Å². The molecule has 0 aliphatic carbocycles. The van der Waals surface area contributed by atoms with Crippen molar-refractivity contribution in [2.45, 2.75) is 31.6 Å². The number of carbonyl (C=O) groups excluding carboxylic acids is 1. The number of fused-ring (bicyclic) bond motifs is 1. The lowest BCUT2D eigenvalue weighted by Crippen LogP contribution is -2.40. The highest BCUT2D eigenvalue weighted by molar-refractivity contribution is 5.77. The lowest BCUT2D eigenvalue weighted by molar-refractivity contribution is -0.132. The Hall–Kier alpha value is -2.43. The number of rotatable bonds is 4. The summed E-state index contributed by atoms with van der Waals surface area (Å²) in [5, 5.41) is 0. The highest BCUT2D eigenvalue weighted by Gasteiger charge is 2.26. The number of piperidine rings is 1. The molecule has 0 radical (unpaired) electrons. The van der Waals surface area contributed by atoms with Crippen LogP contribution in [0.2, 0.25) is 0 Å². The van der Waals surface area contributed by atoms with Gasteiger partial charge in [0, 0.05) is 56.1 Å². The lowest BCUT2D eigenvalue weighted by atomic mass is 9.94. The Bertz CT molecular complexity index is 733. The highest BCUT2D eigenvalue weighted by atomic mass is 16.2. The Morgan fingerprint density at radius 2 is 2.12 bits per heavy atom. The van der Waals surface area contributed by atoms with E-state index >= 15 is 0 Å². The summed E-state index contributed by atoms with van der Waals surface area (Å²) in [6, 6.07) is 10.5. The van der Waals surface area contributed by atoms with Crippen LogP contribution in [0.1, 0.15) is 36.4 Å². The summed E-state index contributed by atoms with van der Waals surface area (Å²) in [5.74, 6) is 0.608. The molecule has 0 saturated carbocycles. The van der Waals surface area contributed by atoms with Crippen molar-refractivity contribution < 1.29 is 4.79 Å². The van der Waals surface area contributed by atoms with Gasteiger partial charge in [-0.05, 0) is 37.0 Å². The molecule has 1 unspecified atom stereocenters. The van der Waals surface area contributed by atoms with Crippen LogP contribution in [0.4, 0.5) is 5.69 Å². The van der Waals surface area contributed by atoms with Crippen molar-refractivity contribution in [3.8, 4) is 0 Å². The molecule has 0 bridgehead atoms. The van der Waals surface area contributed by atoms with Gasteiger partial charge < -0.3 is 9.80 Å². The second kappa shape index (κ2) is 7.21. The smallest absolute Gasteiger partial charge is 0.224 e. The first kappa shape index (κ1) is 16.1. The molecule has 1 saturated heterocycles. The first-order valence-corrected chi connectivity index (χ1v) is 9.18. The van der Waals surface area contributed by atoms with E-state index in [-0.39, 0.29) is 5.91 Å². The molecule has 0 N–H and O–H groups in total. The average Bonchev–Trinajstić information content (AvgIpc) is 3.10. The molecule has 25 heavy (non-hydrogen) atoms. The molecule has 1 aromatic heterocycles. The third-order valence-electron chi connectivity index (χ3n) is 5.38. The molecule has 3 heterocycles. The molecule has 5 heteroatoms. The predicted molar refractivity (Wildman–Crippen MR) is 97.6 cm³/mol. The van der Waals surface area contributed by atoms with Gasteiger partial charge in [-0.1, -0.05) is 18.2 Å². The third kappa shape index (κ3) is 3.50. The lowest BCUT2D eigenvalue weighted by Gasteiger charge is -2.33. The number of aromatic nitrogens is 2. The number of para-hydroxylation sites is 1. The standard InChI is InChI=1S/C20H24N4O/c25-20(9-13-23-12-8-16-4-1-2-6-19(16)23)24-11-3-5-17(14-24)18-7-10-21-15-22-18/h1-2,4,6-7,10,15,17H,3,5,8-9,11-14H2. The Morgan fingerprint density at radius 1 is 1.20 bits per heavy atom. The van der Waals surface area contributed by atoms with Crippen molar-refractivity contribution in [3.63, 3.8) is 0 Å². The quantitative estimate of drug-likeness (QED) is 0.861. The fraction of sp³-hybridized carbons (Fsp3) is 0.450. The van der Waals surface area contributed by atoms with Crippen LogP contribution in [0.15, 0.2) is 42.9 Å². The van der Waals surface area contributed by atoms with Gasteiger partial charge in [-0.15, -0.1) is 0 Å². The van der Waals surface area contributed by atoms with Crippen LogP contribution >= 0.6 is 0 Å². The summed E-state index contributed by atoms with van der Waals surface area (Å²) >= 11 is 0. The van der Waals surface area contributed by atoms with Crippen LogP contribution in [0.25, 0.3) is 0 Å². The number of anilines is 1. The summed E-state index contributed by atoms with van der Waals surface area (Å²) in [4.78, 5) is 25.4. The number of carbonyl (C=O) groups is 1. The summed E-state index contributed by atoms with van der Waals surface area (Å²) < 4.78 is 0. The predicted octanol–water partition coefficient (Wildman–Crippen LogP) is 2.64. The molecule has 5 nitrogen and oxygen atoms in total. The van der Waals surface area contributed by atoms with Crippen molar-refractivity contribution in [3.05, 3.63) is 54.1 Å². The average molecular weight is 336 g/mol. The van der Waals surface area contributed by atoms with Crippen LogP contribution in [0.3, 0.4) is 0 Å². The molecule has 1 aromatic carbocycles. The van der Waals surface area contributed by atoms with Crippen LogP contribution in [-0.4, -0.2) is 47.0 Å². The molecule has 0 spiro atoms. The fourth-order valence-electron chi connectivity index (χ4n) is 4.02. The van der Waals surface area contributed by atoms with Gasteiger partial charge >= 0.3 is 0 Å². The third-order valence-corrected chi connectivity index (χ3v) is 5.38. The molecule has 1 amide bonds. The zero-order valence-corrected chi connectivity index (χ0v) is 14.5. The van der Waals surface area contributed by atoms with Crippen LogP contribution in [0.5, 0.6) is 0 Å². The van der Waals surface area contributed by atoms with Gasteiger partial charge in [0.2, 0.25) is 5.91 Å². The topological polar surface area (TPSA) is 49.3 Å². The van der Waals surface area contributed by atoms with E-state index in [1.54, 1.807) is 12.5 Å². The van der Waals surface area contributed by atoms with Crippen LogP contribution < -0.4 is 4.90 Å². The Kier molecular flexibility index (Phi) is 4.63. The maximum Gasteiger partial charge on any atom is 0.224 e.